The Kier molecular flexibility index (Phi) is 7.76. The first-order chi connectivity index (χ1) is 18.1. The van der Waals surface area contributed by atoms with Crippen LogP contribution in [0, 0.1) is 11.8 Å². The van der Waals surface area contributed by atoms with Crippen molar-refractivity contribution in [2.45, 2.75) is 62.8 Å². The zero-order valence-electron chi connectivity index (χ0n) is 21.2. The van der Waals surface area contributed by atoms with Crippen molar-refractivity contribution in [3.05, 3.63) is 60.2 Å². The predicted molar refractivity (Wildman–Crippen MR) is 136 cm³/mol. The molecule has 1 unspecified atom stereocenters. The fourth-order valence-corrected chi connectivity index (χ4v) is 6.22. The van der Waals surface area contributed by atoms with Gasteiger partial charge in [0.1, 0.15) is 17.6 Å². The lowest BCUT2D eigenvalue weighted by Crippen LogP contribution is -2.55. The number of nitrogens with zero attached hydrogens (tertiary/aromatic N) is 2. The van der Waals surface area contributed by atoms with E-state index in [1.165, 1.54) is 0 Å². The number of carbonyl (C=O) groups is 3. The fourth-order valence-electron chi connectivity index (χ4n) is 6.22. The number of rotatable bonds is 7. The lowest BCUT2D eigenvalue weighted by atomic mass is 9.78. The molecule has 4 heterocycles. The lowest BCUT2D eigenvalue weighted by Gasteiger charge is -2.35. The summed E-state index contributed by atoms with van der Waals surface area (Å²) in [5, 5.41) is 9.20. The SMILES string of the molecule is O=C1OCCCC/C=C\[C@@H]2O[C@]34C=CCN(Cc5ccccc5)C(=O)C3N(CCCCCO)C(=O)[C@@H]4[C@H]12. The second kappa shape index (κ2) is 11.2. The minimum atomic E-state index is -1.23. The van der Waals surface area contributed by atoms with Crippen LogP contribution in [0.5, 0.6) is 0 Å². The molecule has 37 heavy (non-hydrogen) atoms. The Morgan fingerprint density at radius 2 is 1.84 bits per heavy atom. The standard InChI is InChI=1S/C29H36N2O6/c32-18-9-4-8-17-31-25-27(34)30(20-21-12-5-3-6-13-21)16-11-15-29(25)24(26(31)33)23-22(37-29)14-7-1-2-10-19-36-28(23)35/h3,5-7,11-15,22-25,32H,1-2,4,8-10,16-20H2/b14-7-/t22-,23+,24-,25?,29-/m0/s1. The van der Waals surface area contributed by atoms with E-state index in [2.05, 4.69) is 0 Å². The van der Waals surface area contributed by atoms with Gasteiger partial charge in [-0.25, -0.2) is 0 Å². The van der Waals surface area contributed by atoms with Crippen molar-refractivity contribution >= 4 is 17.8 Å². The molecule has 198 valence electrons. The minimum absolute atomic E-state index is 0.0848. The molecular weight excluding hydrogens is 472 g/mol. The third-order valence-corrected chi connectivity index (χ3v) is 7.96. The number of carbonyl (C=O) groups excluding carboxylic acids is 3. The largest absolute Gasteiger partial charge is 0.465 e. The van der Waals surface area contributed by atoms with Crippen LogP contribution < -0.4 is 0 Å². The van der Waals surface area contributed by atoms with Crippen LogP contribution in [0.4, 0.5) is 0 Å². The van der Waals surface area contributed by atoms with Gasteiger partial charge in [0.15, 0.2) is 0 Å². The van der Waals surface area contributed by atoms with Gasteiger partial charge in [-0.15, -0.1) is 0 Å². The molecule has 2 fully saturated rings. The third-order valence-electron chi connectivity index (χ3n) is 7.96. The van der Waals surface area contributed by atoms with Crippen molar-refractivity contribution < 1.29 is 29.0 Å². The van der Waals surface area contributed by atoms with Gasteiger partial charge in [-0.1, -0.05) is 54.6 Å². The Balaban J connectivity index is 1.52. The molecule has 4 aliphatic heterocycles. The molecule has 0 aromatic heterocycles. The van der Waals surface area contributed by atoms with Crippen molar-refractivity contribution in [1.82, 2.24) is 9.80 Å². The first-order valence-corrected chi connectivity index (χ1v) is 13.5. The molecule has 1 spiro atoms. The number of amides is 2. The second-order valence-corrected chi connectivity index (χ2v) is 10.4. The van der Waals surface area contributed by atoms with E-state index < -0.39 is 35.6 Å². The molecule has 5 rings (SSSR count). The number of ether oxygens (including phenoxy) is 2. The van der Waals surface area contributed by atoms with Gasteiger partial charge < -0.3 is 24.4 Å². The summed E-state index contributed by atoms with van der Waals surface area (Å²) in [5.41, 5.74) is -0.230. The first kappa shape index (κ1) is 25.7. The minimum Gasteiger partial charge on any atom is -0.465 e. The molecular formula is C29H36N2O6. The highest BCUT2D eigenvalue weighted by molar-refractivity contribution is 5.99. The third kappa shape index (κ3) is 4.84. The van der Waals surface area contributed by atoms with Crippen LogP contribution in [0.1, 0.15) is 44.1 Å². The Morgan fingerprint density at radius 3 is 2.65 bits per heavy atom. The van der Waals surface area contributed by atoms with Gasteiger partial charge in [0, 0.05) is 26.2 Å². The van der Waals surface area contributed by atoms with E-state index >= 15 is 0 Å². The molecule has 8 nitrogen and oxygen atoms in total. The quantitative estimate of drug-likeness (QED) is 0.346. The predicted octanol–water partition coefficient (Wildman–Crippen LogP) is 2.61. The summed E-state index contributed by atoms with van der Waals surface area (Å²) >= 11 is 0. The molecule has 1 aromatic carbocycles. The molecule has 5 atom stereocenters. The van der Waals surface area contributed by atoms with Crippen molar-refractivity contribution in [3.63, 3.8) is 0 Å². The molecule has 0 radical (unpaired) electrons. The van der Waals surface area contributed by atoms with Gasteiger partial charge in [-0.3, -0.25) is 14.4 Å². The monoisotopic (exact) mass is 508 g/mol. The maximum Gasteiger partial charge on any atom is 0.312 e. The van der Waals surface area contributed by atoms with E-state index in [1.54, 1.807) is 9.80 Å². The molecule has 0 saturated carbocycles. The maximum atomic E-state index is 14.2. The Hall–Kier alpha value is -2.97. The van der Waals surface area contributed by atoms with E-state index in [-0.39, 0.29) is 18.4 Å². The Labute approximate surface area is 217 Å². The fraction of sp³-hybridized carbons (Fsp3) is 0.552. The molecule has 0 bridgehead atoms. The summed E-state index contributed by atoms with van der Waals surface area (Å²) in [7, 11) is 0. The van der Waals surface area contributed by atoms with Gasteiger partial charge in [0.25, 0.3) is 0 Å². The summed E-state index contributed by atoms with van der Waals surface area (Å²) in [6.07, 6.45) is 11.6. The number of cyclic esters (lactones) is 1. The van der Waals surface area contributed by atoms with Crippen LogP contribution in [0.2, 0.25) is 0 Å². The summed E-state index contributed by atoms with van der Waals surface area (Å²) in [6, 6.07) is 8.92. The molecule has 8 heteroatoms. The van der Waals surface area contributed by atoms with Crippen LogP contribution in [0.3, 0.4) is 0 Å². The topological polar surface area (TPSA) is 96.4 Å². The number of esters is 1. The van der Waals surface area contributed by atoms with Crippen molar-refractivity contribution in [3.8, 4) is 0 Å². The van der Waals surface area contributed by atoms with Gasteiger partial charge in [-0.05, 0) is 44.1 Å². The van der Waals surface area contributed by atoms with Crippen molar-refractivity contribution in [2.75, 3.05) is 26.3 Å². The zero-order valence-corrected chi connectivity index (χ0v) is 21.2. The first-order valence-electron chi connectivity index (χ1n) is 13.5. The number of hydrogen-bond acceptors (Lipinski definition) is 6. The molecule has 1 N–H and O–H groups in total. The highest BCUT2D eigenvalue weighted by atomic mass is 16.6. The number of aliphatic hydroxyl groups excluding tert-OH is 1. The number of allylic oxidation sites excluding steroid dienone is 1. The Morgan fingerprint density at radius 1 is 1.00 bits per heavy atom. The number of likely N-dealkylation sites (tertiary alicyclic amines) is 1. The zero-order chi connectivity index (χ0) is 25.8. The number of benzene rings is 1. The van der Waals surface area contributed by atoms with E-state index in [4.69, 9.17) is 9.47 Å². The average Bonchev–Trinajstić information content (AvgIpc) is 3.29. The highest BCUT2D eigenvalue weighted by Gasteiger charge is 2.71. The molecule has 1 aromatic rings. The maximum absolute atomic E-state index is 14.2. The number of aliphatic hydroxyl groups is 1. The van der Waals surface area contributed by atoms with Crippen LogP contribution in [0.25, 0.3) is 0 Å². The van der Waals surface area contributed by atoms with Gasteiger partial charge in [0.2, 0.25) is 11.8 Å². The molecule has 0 aliphatic carbocycles. The highest BCUT2D eigenvalue weighted by Crippen LogP contribution is 2.53. The molecule has 4 aliphatic rings. The van der Waals surface area contributed by atoms with Crippen LogP contribution >= 0.6 is 0 Å². The molecule has 2 saturated heterocycles. The normalized spacial score (nSPS) is 32.4. The van der Waals surface area contributed by atoms with Crippen LogP contribution in [-0.4, -0.2) is 76.7 Å². The summed E-state index contributed by atoms with van der Waals surface area (Å²) in [4.78, 5) is 44.9. The Bertz CT molecular complexity index is 1060. The van der Waals surface area contributed by atoms with E-state index in [9.17, 15) is 19.5 Å². The van der Waals surface area contributed by atoms with E-state index in [0.29, 0.717) is 39.1 Å². The number of unbranched alkanes of at least 4 members (excludes halogenated alkanes) is 2. The molecule has 2 amide bonds. The van der Waals surface area contributed by atoms with E-state index in [1.807, 2.05) is 54.6 Å². The second-order valence-electron chi connectivity index (χ2n) is 10.4. The van der Waals surface area contributed by atoms with Gasteiger partial charge >= 0.3 is 5.97 Å². The summed E-state index contributed by atoms with van der Waals surface area (Å²) < 4.78 is 12.2. The van der Waals surface area contributed by atoms with Crippen LogP contribution in [-0.2, 0) is 30.4 Å². The smallest absolute Gasteiger partial charge is 0.312 e. The van der Waals surface area contributed by atoms with Crippen LogP contribution in [0.15, 0.2) is 54.6 Å². The van der Waals surface area contributed by atoms with Crippen molar-refractivity contribution in [2.24, 2.45) is 11.8 Å². The lowest BCUT2D eigenvalue weighted by molar-refractivity contribution is -0.155. The van der Waals surface area contributed by atoms with Gasteiger partial charge in [-0.2, -0.15) is 0 Å². The summed E-state index contributed by atoms with van der Waals surface area (Å²) in [5.74, 6) is -2.46. The van der Waals surface area contributed by atoms with Crippen molar-refractivity contribution in [1.29, 1.82) is 0 Å². The summed E-state index contributed by atoms with van der Waals surface area (Å²) in [6.45, 7) is 1.58. The average molecular weight is 509 g/mol. The van der Waals surface area contributed by atoms with E-state index in [0.717, 1.165) is 31.2 Å². The van der Waals surface area contributed by atoms with Gasteiger partial charge in [0.05, 0.1) is 18.6 Å². The number of hydrogen-bond donors (Lipinski definition) is 1. The number of fused-ring (bicyclic) bond motifs is 2.